The Labute approximate surface area is 83.6 Å². The summed E-state index contributed by atoms with van der Waals surface area (Å²) in [5, 5.41) is 14.2. The van der Waals surface area contributed by atoms with Crippen LogP contribution in [-0.4, -0.2) is 27.9 Å². The molecule has 1 rings (SSSR count). The molecule has 0 radical (unpaired) electrons. The van der Waals surface area contributed by atoms with Crippen LogP contribution in [0.3, 0.4) is 0 Å². The summed E-state index contributed by atoms with van der Waals surface area (Å²) in [5.74, 6) is 0. The second-order valence-corrected chi connectivity index (χ2v) is 2.75. The highest BCUT2D eigenvalue weighted by atomic mass is 19.3. The van der Waals surface area contributed by atoms with Crippen LogP contribution in [0.15, 0.2) is 6.20 Å². The monoisotopic (exact) mass is 221 g/mol. The first-order valence-corrected chi connectivity index (χ1v) is 4.09. The van der Waals surface area contributed by atoms with E-state index in [0.29, 0.717) is 0 Å². The summed E-state index contributed by atoms with van der Waals surface area (Å²) in [6, 6.07) is 0. The Hall–Kier alpha value is -1.57. The zero-order valence-corrected chi connectivity index (χ0v) is 7.89. The van der Waals surface area contributed by atoms with Gasteiger partial charge in [0, 0.05) is 0 Å². The van der Waals surface area contributed by atoms with Crippen LogP contribution >= 0.6 is 0 Å². The SMILES string of the molecule is Cc1nn(CCOC(F)F)cc1[N+](=O)[O-]. The van der Waals surface area contributed by atoms with Crippen LogP contribution in [0.25, 0.3) is 0 Å². The highest BCUT2D eigenvalue weighted by Gasteiger charge is 2.15. The summed E-state index contributed by atoms with van der Waals surface area (Å²) in [4.78, 5) is 9.84. The van der Waals surface area contributed by atoms with E-state index in [4.69, 9.17) is 0 Å². The van der Waals surface area contributed by atoms with Gasteiger partial charge in [-0.2, -0.15) is 13.9 Å². The van der Waals surface area contributed by atoms with Crippen molar-refractivity contribution in [3.05, 3.63) is 22.0 Å². The maximum atomic E-state index is 11.6. The lowest BCUT2D eigenvalue weighted by Crippen LogP contribution is -2.09. The fourth-order valence-corrected chi connectivity index (χ4v) is 1.04. The van der Waals surface area contributed by atoms with Gasteiger partial charge < -0.3 is 4.74 Å². The van der Waals surface area contributed by atoms with E-state index >= 15 is 0 Å². The van der Waals surface area contributed by atoms with Crippen molar-refractivity contribution in [2.24, 2.45) is 0 Å². The Balaban J connectivity index is 2.56. The highest BCUT2D eigenvalue weighted by Crippen LogP contribution is 2.14. The summed E-state index contributed by atoms with van der Waals surface area (Å²) in [5.41, 5.74) is 0.115. The van der Waals surface area contributed by atoms with Crippen LogP contribution in [0.2, 0.25) is 0 Å². The number of nitro groups is 1. The Bertz CT molecular complexity index is 353. The second kappa shape index (κ2) is 4.78. The number of aromatic nitrogens is 2. The van der Waals surface area contributed by atoms with Crippen molar-refractivity contribution in [3.63, 3.8) is 0 Å². The quantitative estimate of drug-likeness (QED) is 0.555. The van der Waals surface area contributed by atoms with Crippen molar-refractivity contribution in [1.82, 2.24) is 9.78 Å². The number of hydrogen-bond donors (Lipinski definition) is 0. The van der Waals surface area contributed by atoms with E-state index in [1.54, 1.807) is 0 Å². The summed E-state index contributed by atoms with van der Waals surface area (Å²) in [6.07, 6.45) is 1.18. The van der Waals surface area contributed by atoms with Crippen LogP contribution < -0.4 is 0 Å². The summed E-state index contributed by atoms with van der Waals surface area (Å²) in [7, 11) is 0. The van der Waals surface area contributed by atoms with Gasteiger partial charge in [-0.15, -0.1) is 0 Å². The molecule has 8 heteroatoms. The standard InChI is InChI=1S/C7H9F2N3O3/c1-5-6(12(13)14)4-11(10-5)2-3-15-7(8)9/h4,7H,2-3H2,1H3. The molecule has 1 heterocycles. The maximum absolute atomic E-state index is 11.6. The average molecular weight is 221 g/mol. The van der Waals surface area contributed by atoms with E-state index in [1.165, 1.54) is 17.8 Å². The van der Waals surface area contributed by atoms with Gasteiger partial charge in [-0.3, -0.25) is 14.8 Å². The Morgan fingerprint density at radius 3 is 2.87 bits per heavy atom. The van der Waals surface area contributed by atoms with E-state index in [9.17, 15) is 18.9 Å². The number of aryl methyl sites for hydroxylation is 1. The fraction of sp³-hybridized carbons (Fsp3) is 0.571. The van der Waals surface area contributed by atoms with Gasteiger partial charge in [0.25, 0.3) is 0 Å². The van der Waals surface area contributed by atoms with E-state index in [1.807, 2.05) is 0 Å². The molecule has 0 aliphatic carbocycles. The number of rotatable bonds is 5. The minimum Gasteiger partial charge on any atom is -0.321 e. The van der Waals surface area contributed by atoms with Gasteiger partial charge in [0.05, 0.1) is 18.1 Å². The first-order chi connectivity index (χ1) is 7.00. The van der Waals surface area contributed by atoms with Crippen LogP contribution in [0.5, 0.6) is 0 Å². The van der Waals surface area contributed by atoms with Crippen molar-refractivity contribution < 1.29 is 18.4 Å². The normalized spacial score (nSPS) is 10.9. The Morgan fingerprint density at radius 1 is 1.73 bits per heavy atom. The molecule has 0 bridgehead atoms. The maximum Gasteiger partial charge on any atom is 0.345 e. The van der Waals surface area contributed by atoms with Crippen molar-refractivity contribution in [2.45, 2.75) is 20.1 Å². The van der Waals surface area contributed by atoms with Crippen molar-refractivity contribution in [1.29, 1.82) is 0 Å². The smallest absolute Gasteiger partial charge is 0.321 e. The second-order valence-electron chi connectivity index (χ2n) is 2.75. The molecule has 0 atom stereocenters. The lowest BCUT2D eigenvalue weighted by molar-refractivity contribution is -0.385. The third-order valence-corrected chi connectivity index (χ3v) is 1.68. The van der Waals surface area contributed by atoms with Gasteiger partial charge in [-0.25, -0.2) is 0 Å². The topological polar surface area (TPSA) is 70.2 Å². The number of ether oxygens (including phenoxy) is 1. The van der Waals surface area contributed by atoms with Gasteiger partial charge in [-0.05, 0) is 6.92 Å². The van der Waals surface area contributed by atoms with Crippen LogP contribution in [-0.2, 0) is 11.3 Å². The van der Waals surface area contributed by atoms with Crippen LogP contribution in [0.1, 0.15) is 5.69 Å². The number of alkyl halides is 2. The lowest BCUT2D eigenvalue weighted by atomic mass is 10.4. The van der Waals surface area contributed by atoms with E-state index in [2.05, 4.69) is 9.84 Å². The summed E-state index contributed by atoms with van der Waals surface area (Å²) < 4.78 is 28.4. The van der Waals surface area contributed by atoms with Crippen molar-refractivity contribution >= 4 is 5.69 Å². The van der Waals surface area contributed by atoms with Gasteiger partial charge in [-0.1, -0.05) is 0 Å². The molecular weight excluding hydrogens is 212 g/mol. The summed E-state index contributed by atoms with van der Waals surface area (Å²) in [6.45, 7) is -1.55. The highest BCUT2D eigenvalue weighted by molar-refractivity contribution is 5.30. The molecule has 6 nitrogen and oxygen atoms in total. The molecular formula is C7H9F2N3O3. The molecule has 1 aromatic rings. The van der Waals surface area contributed by atoms with Gasteiger partial charge in [0.1, 0.15) is 11.9 Å². The van der Waals surface area contributed by atoms with E-state index in [-0.39, 0.29) is 24.5 Å². The molecule has 0 aliphatic rings. The predicted octanol–water partition coefficient (Wildman–Crippen LogP) is 1.34. The largest absolute Gasteiger partial charge is 0.345 e. The molecule has 0 N–H and O–H groups in total. The van der Waals surface area contributed by atoms with Crippen LogP contribution in [0, 0.1) is 17.0 Å². The average Bonchev–Trinajstić information content (AvgIpc) is 2.46. The van der Waals surface area contributed by atoms with Gasteiger partial charge >= 0.3 is 12.3 Å². The molecule has 0 amide bonds. The third kappa shape index (κ3) is 3.24. The fourth-order valence-electron chi connectivity index (χ4n) is 1.04. The zero-order chi connectivity index (χ0) is 11.4. The van der Waals surface area contributed by atoms with Gasteiger partial charge in [0.2, 0.25) is 0 Å². The molecule has 0 saturated carbocycles. The molecule has 0 unspecified atom stereocenters. The minimum atomic E-state index is -2.84. The molecule has 0 aliphatic heterocycles. The predicted molar refractivity (Wildman–Crippen MR) is 45.6 cm³/mol. The van der Waals surface area contributed by atoms with E-state index < -0.39 is 11.5 Å². The van der Waals surface area contributed by atoms with Crippen molar-refractivity contribution in [3.8, 4) is 0 Å². The number of hydrogen-bond acceptors (Lipinski definition) is 4. The number of halogens is 2. The molecule has 0 saturated heterocycles. The first kappa shape index (κ1) is 11.5. The first-order valence-electron chi connectivity index (χ1n) is 4.09. The molecule has 1 aromatic heterocycles. The third-order valence-electron chi connectivity index (χ3n) is 1.68. The van der Waals surface area contributed by atoms with Crippen molar-refractivity contribution in [2.75, 3.05) is 6.61 Å². The lowest BCUT2D eigenvalue weighted by Gasteiger charge is -2.01. The summed E-state index contributed by atoms with van der Waals surface area (Å²) >= 11 is 0. The van der Waals surface area contributed by atoms with Gasteiger partial charge in [0.15, 0.2) is 0 Å². The molecule has 0 aromatic carbocycles. The molecule has 0 fully saturated rings. The van der Waals surface area contributed by atoms with Crippen LogP contribution in [0.4, 0.5) is 14.5 Å². The minimum absolute atomic E-state index is 0.0546. The molecule has 0 spiro atoms. The molecule has 84 valence electrons. The van der Waals surface area contributed by atoms with E-state index in [0.717, 1.165) is 0 Å². The molecule has 15 heavy (non-hydrogen) atoms. The zero-order valence-electron chi connectivity index (χ0n) is 7.89. The Kier molecular flexibility index (Phi) is 3.67. The Morgan fingerprint density at radius 2 is 2.40 bits per heavy atom. The number of nitrogens with zero attached hydrogens (tertiary/aromatic N) is 3.